The zero-order chi connectivity index (χ0) is 15.0. The minimum absolute atomic E-state index is 0.170. The van der Waals surface area contributed by atoms with Crippen LogP contribution >= 0.6 is 11.8 Å². The molecule has 6 heteroatoms. The van der Waals surface area contributed by atoms with Crippen molar-refractivity contribution in [2.45, 2.75) is 14.8 Å². The quantitative estimate of drug-likeness (QED) is 0.726. The predicted octanol–water partition coefficient (Wildman–Crippen LogP) is 3.30. The number of aromatic nitrogens is 1. The van der Waals surface area contributed by atoms with Gasteiger partial charge in [-0.3, -0.25) is 0 Å². The Kier molecular flexibility index (Phi) is 3.43. The first kappa shape index (κ1) is 14.0. The summed E-state index contributed by atoms with van der Waals surface area (Å²) in [4.78, 5) is 4.18. The largest absolute Gasteiger partial charge is 0.397 e. The molecule has 0 radical (unpaired) electrons. The lowest BCUT2D eigenvalue weighted by molar-refractivity contribution is 0.602. The fourth-order valence-corrected chi connectivity index (χ4v) is 4.01. The van der Waals surface area contributed by atoms with Gasteiger partial charge in [0, 0.05) is 22.1 Å². The average Bonchev–Trinajstić information content (AvgIpc) is 2.82. The van der Waals surface area contributed by atoms with Gasteiger partial charge >= 0.3 is 0 Å². The van der Waals surface area contributed by atoms with Crippen LogP contribution in [0.15, 0.2) is 63.3 Å². The Bertz CT molecular complexity index is 881. The normalized spacial score (nSPS) is 11.9. The van der Waals surface area contributed by atoms with Crippen LogP contribution < -0.4 is 5.73 Å². The van der Waals surface area contributed by atoms with Crippen LogP contribution in [0.1, 0.15) is 0 Å². The summed E-state index contributed by atoms with van der Waals surface area (Å²) >= 11 is 1.43. The molecule has 0 fully saturated rings. The lowest BCUT2D eigenvalue weighted by atomic mass is 10.3. The molecule has 0 aliphatic carbocycles. The Morgan fingerprint density at radius 1 is 1.10 bits per heavy atom. The van der Waals surface area contributed by atoms with Crippen LogP contribution in [0.4, 0.5) is 5.69 Å². The third kappa shape index (κ3) is 2.77. The van der Waals surface area contributed by atoms with E-state index in [1.54, 1.807) is 6.07 Å². The van der Waals surface area contributed by atoms with Gasteiger partial charge in [-0.1, -0.05) is 36.0 Å². The molecule has 3 aromatic rings. The molecule has 1 heterocycles. The van der Waals surface area contributed by atoms with Crippen molar-refractivity contribution in [1.82, 2.24) is 4.98 Å². The van der Waals surface area contributed by atoms with E-state index in [-0.39, 0.29) is 4.90 Å². The molecule has 0 atom stereocenters. The molecule has 0 aliphatic heterocycles. The molecule has 108 valence electrons. The van der Waals surface area contributed by atoms with Gasteiger partial charge in [-0.25, -0.2) is 8.42 Å². The summed E-state index contributed by atoms with van der Waals surface area (Å²) in [5.74, 6) is 0. The molecule has 4 nitrogen and oxygen atoms in total. The lowest BCUT2D eigenvalue weighted by Gasteiger charge is -2.08. The summed E-state index contributed by atoms with van der Waals surface area (Å²) in [6.45, 7) is 0. The molecule has 2 aromatic carbocycles. The van der Waals surface area contributed by atoms with E-state index in [0.717, 1.165) is 27.1 Å². The van der Waals surface area contributed by atoms with Gasteiger partial charge in [0.1, 0.15) is 0 Å². The number of anilines is 1. The maximum absolute atomic E-state index is 11.7. The summed E-state index contributed by atoms with van der Waals surface area (Å²) in [5.41, 5.74) is 7.33. The number of aromatic amines is 1. The van der Waals surface area contributed by atoms with Crippen molar-refractivity contribution in [3.05, 3.63) is 48.5 Å². The third-order valence-electron chi connectivity index (χ3n) is 3.15. The first-order valence-electron chi connectivity index (χ1n) is 6.29. The molecule has 0 aliphatic rings. The standard InChI is InChI=1S/C15H14N2O2S2/c1-21(18,19)13-8-4-7-12(15(13)16)20-14-9-10-5-2-3-6-11(10)17-14/h2-9,17H,16H2,1H3. The number of nitrogens with one attached hydrogen (secondary N) is 1. The number of benzene rings is 2. The number of hydrogen-bond acceptors (Lipinski definition) is 4. The van der Waals surface area contributed by atoms with E-state index in [2.05, 4.69) is 4.98 Å². The summed E-state index contributed by atoms with van der Waals surface area (Å²) in [7, 11) is -3.32. The predicted molar refractivity (Wildman–Crippen MR) is 86.4 cm³/mol. The summed E-state index contributed by atoms with van der Waals surface area (Å²) in [5, 5.41) is 2.03. The Labute approximate surface area is 127 Å². The minimum Gasteiger partial charge on any atom is -0.397 e. The van der Waals surface area contributed by atoms with Gasteiger partial charge in [-0.15, -0.1) is 0 Å². The van der Waals surface area contributed by atoms with Crippen LogP contribution in [0.3, 0.4) is 0 Å². The maximum atomic E-state index is 11.7. The molecule has 0 amide bonds. The van der Waals surface area contributed by atoms with E-state index in [0.29, 0.717) is 5.69 Å². The van der Waals surface area contributed by atoms with Crippen molar-refractivity contribution in [3.8, 4) is 0 Å². The second kappa shape index (κ2) is 5.13. The van der Waals surface area contributed by atoms with Gasteiger partial charge in [0.2, 0.25) is 0 Å². The number of para-hydroxylation sites is 2. The molecule has 0 bridgehead atoms. The van der Waals surface area contributed by atoms with E-state index in [1.807, 2.05) is 36.4 Å². The molecule has 0 unspecified atom stereocenters. The van der Waals surface area contributed by atoms with Gasteiger partial charge in [-0.05, 0) is 24.3 Å². The van der Waals surface area contributed by atoms with Crippen molar-refractivity contribution in [2.24, 2.45) is 0 Å². The second-order valence-corrected chi connectivity index (χ2v) is 7.83. The summed E-state index contributed by atoms with van der Waals surface area (Å²) < 4.78 is 23.4. The maximum Gasteiger partial charge on any atom is 0.177 e. The smallest absolute Gasteiger partial charge is 0.177 e. The number of nitrogens with two attached hydrogens (primary N) is 1. The Morgan fingerprint density at radius 3 is 2.57 bits per heavy atom. The number of H-pyrrole nitrogens is 1. The average molecular weight is 318 g/mol. The van der Waals surface area contributed by atoms with Crippen LogP contribution in [0, 0.1) is 0 Å². The number of nitrogen functional groups attached to an aromatic ring is 1. The van der Waals surface area contributed by atoms with Gasteiger partial charge < -0.3 is 10.7 Å². The van der Waals surface area contributed by atoms with Crippen molar-refractivity contribution < 1.29 is 8.42 Å². The molecular formula is C15H14N2O2S2. The molecule has 0 saturated carbocycles. The third-order valence-corrected chi connectivity index (χ3v) is 5.32. The van der Waals surface area contributed by atoms with E-state index in [4.69, 9.17) is 5.73 Å². The van der Waals surface area contributed by atoms with E-state index < -0.39 is 9.84 Å². The Hall–Kier alpha value is -1.92. The number of rotatable bonds is 3. The highest BCUT2D eigenvalue weighted by Crippen LogP contribution is 2.36. The number of sulfone groups is 1. The zero-order valence-electron chi connectivity index (χ0n) is 11.3. The molecule has 0 saturated heterocycles. The van der Waals surface area contributed by atoms with Crippen LogP contribution in [0.25, 0.3) is 10.9 Å². The second-order valence-electron chi connectivity index (χ2n) is 4.76. The van der Waals surface area contributed by atoms with Gasteiger partial charge in [0.15, 0.2) is 9.84 Å². The van der Waals surface area contributed by atoms with Crippen LogP contribution in [0.5, 0.6) is 0 Å². The van der Waals surface area contributed by atoms with Gasteiger partial charge in [-0.2, -0.15) is 0 Å². The highest BCUT2D eigenvalue weighted by Gasteiger charge is 2.15. The van der Waals surface area contributed by atoms with Gasteiger partial charge in [0.05, 0.1) is 15.6 Å². The van der Waals surface area contributed by atoms with E-state index in [1.165, 1.54) is 17.8 Å². The SMILES string of the molecule is CS(=O)(=O)c1cccc(Sc2cc3ccccc3[nH]2)c1N. The van der Waals surface area contributed by atoms with E-state index >= 15 is 0 Å². The number of fused-ring (bicyclic) bond motifs is 1. The molecule has 1 aromatic heterocycles. The van der Waals surface area contributed by atoms with Crippen LogP contribution in [-0.4, -0.2) is 19.7 Å². The lowest BCUT2D eigenvalue weighted by Crippen LogP contribution is -2.03. The fourth-order valence-electron chi connectivity index (χ4n) is 2.16. The number of hydrogen-bond donors (Lipinski definition) is 2. The fraction of sp³-hybridized carbons (Fsp3) is 0.0667. The zero-order valence-corrected chi connectivity index (χ0v) is 13.0. The highest BCUT2D eigenvalue weighted by molar-refractivity contribution is 7.99. The topological polar surface area (TPSA) is 76.0 Å². The van der Waals surface area contributed by atoms with E-state index in [9.17, 15) is 8.42 Å². The van der Waals surface area contributed by atoms with Gasteiger partial charge in [0.25, 0.3) is 0 Å². The molecule has 3 N–H and O–H groups in total. The molecular weight excluding hydrogens is 304 g/mol. The first-order valence-corrected chi connectivity index (χ1v) is 9.00. The first-order chi connectivity index (χ1) is 9.95. The molecule has 0 spiro atoms. The summed E-state index contributed by atoms with van der Waals surface area (Å²) in [6, 6.07) is 15.0. The summed E-state index contributed by atoms with van der Waals surface area (Å²) in [6.07, 6.45) is 1.16. The van der Waals surface area contributed by atoms with Crippen molar-refractivity contribution in [2.75, 3.05) is 12.0 Å². The van der Waals surface area contributed by atoms with Crippen molar-refractivity contribution in [1.29, 1.82) is 0 Å². The van der Waals surface area contributed by atoms with Crippen molar-refractivity contribution >= 4 is 38.2 Å². The minimum atomic E-state index is -3.32. The Balaban J connectivity index is 2.02. The van der Waals surface area contributed by atoms with Crippen LogP contribution in [-0.2, 0) is 9.84 Å². The van der Waals surface area contributed by atoms with Crippen LogP contribution in [0.2, 0.25) is 0 Å². The molecule has 3 rings (SSSR count). The Morgan fingerprint density at radius 2 is 1.86 bits per heavy atom. The monoisotopic (exact) mass is 318 g/mol. The van der Waals surface area contributed by atoms with Crippen molar-refractivity contribution in [3.63, 3.8) is 0 Å². The highest BCUT2D eigenvalue weighted by atomic mass is 32.2. The molecule has 21 heavy (non-hydrogen) atoms.